The first kappa shape index (κ1) is 17.2. The van der Waals surface area contributed by atoms with E-state index < -0.39 is 24.1 Å². The van der Waals surface area contributed by atoms with Crippen molar-refractivity contribution in [2.24, 2.45) is 0 Å². The second-order valence-corrected chi connectivity index (χ2v) is 4.53. The fraction of sp³-hybridized carbons (Fsp3) is 0.571. The zero-order valence-corrected chi connectivity index (χ0v) is 12.6. The molecule has 0 spiro atoms. The van der Waals surface area contributed by atoms with E-state index in [2.05, 4.69) is 9.72 Å². The van der Waals surface area contributed by atoms with Gasteiger partial charge in [0.05, 0.1) is 13.2 Å². The summed E-state index contributed by atoms with van der Waals surface area (Å²) in [7, 11) is 0. The summed E-state index contributed by atoms with van der Waals surface area (Å²) in [4.78, 5) is 26.1. The molecule has 0 fully saturated rings. The molecule has 7 nitrogen and oxygen atoms in total. The maximum atomic E-state index is 11.8. The first-order valence-corrected chi connectivity index (χ1v) is 6.74. The highest BCUT2D eigenvalue weighted by atomic mass is 16.5. The summed E-state index contributed by atoms with van der Waals surface area (Å²) >= 11 is 0. The minimum Gasteiger partial charge on any atom is -0.464 e. The van der Waals surface area contributed by atoms with Gasteiger partial charge in [0, 0.05) is 11.3 Å². The number of aryl methyl sites for hydroxylation is 1. The van der Waals surface area contributed by atoms with Crippen LogP contribution >= 0.6 is 0 Å². The largest absolute Gasteiger partial charge is 0.464 e. The van der Waals surface area contributed by atoms with Crippen molar-refractivity contribution < 1.29 is 29.3 Å². The first-order valence-electron chi connectivity index (χ1n) is 6.74. The van der Waals surface area contributed by atoms with E-state index in [-0.39, 0.29) is 18.9 Å². The predicted octanol–water partition coefficient (Wildman–Crippen LogP) is 0.766. The Morgan fingerprint density at radius 3 is 2.24 bits per heavy atom. The molecule has 1 heterocycles. The molecule has 0 bridgehead atoms. The van der Waals surface area contributed by atoms with E-state index in [1.807, 2.05) is 0 Å². The lowest BCUT2D eigenvalue weighted by Gasteiger charge is -2.17. The van der Waals surface area contributed by atoms with Gasteiger partial charge in [0.25, 0.3) is 0 Å². The van der Waals surface area contributed by atoms with Crippen molar-refractivity contribution in [3.05, 3.63) is 22.5 Å². The van der Waals surface area contributed by atoms with Crippen molar-refractivity contribution in [1.82, 2.24) is 4.98 Å². The third kappa shape index (κ3) is 3.62. The lowest BCUT2D eigenvalue weighted by molar-refractivity contribution is -0.159. The van der Waals surface area contributed by atoms with E-state index in [4.69, 9.17) is 4.74 Å². The van der Waals surface area contributed by atoms with Gasteiger partial charge < -0.3 is 24.7 Å². The van der Waals surface area contributed by atoms with Crippen LogP contribution in [0.15, 0.2) is 0 Å². The molecule has 3 N–H and O–H groups in total. The van der Waals surface area contributed by atoms with Gasteiger partial charge >= 0.3 is 11.9 Å². The van der Waals surface area contributed by atoms with Crippen LogP contribution in [-0.4, -0.2) is 46.5 Å². The normalized spacial score (nSPS) is 13.6. The Labute approximate surface area is 122 Å². The van der Waals surface area contributed by atoms with E-state index in [1.54, 1.807) is 27.7 Å². The monoisotopic (exact) mass is 299 g/mol. The number of esters is 2. The van der Waals surface area contributed by atoms with Crippen LogP contribution in [0.2, 0.25) is 0 Å². The van der Waals surface area contributed by atoms with Crippen LogP contribution in [0.5, 0.6) is 0 Å². The van der Waals surface area contributed by atoms with Crippen LogP contribution < -0.4 is 0 Å². The summed E-state index contributed by atoms with van der Waals surface area (Å²) in [6.07, 6.45) is -3.20. The molecule has 0 aliphatic carbocycles. The molecule has 0 saturated heterocycles. The van der Waals surface area contributed by atoms with Crippen LogP contribution in [0.1, 0.15) is 47.3 Å². The number of ether oxygens (including phenoxy) is 2. The van der Waals surface area contributed by atoms with Crippen molar-refractivity contribution in [2.45, 2.75) is 39.9 Å². The quantitative estimate of drug-likeness (QED) is 0.669. The number of carbonyl (C=O) groups excluding carboxylic acids is 2. The molecule has 0 radical (unpaired) electrons. The maximum Gasteiger partial charge on any atom is 0.355 e. The number of H-pyrrole nitrogens is 1. The number of nitrogens with one attached hydrogen (secondary N) is 1. The standard InChI is InChI=1S/C14H21NO6/c1-5-20-13(18)10-7(3)9(8(4)15-10)11(16)12(17)14(19)21-6-2/h11-12,15-17H,5-6H2,1-4H3. The summed E-state index contributed by atoms with van der Waals surface area (Å²) in [6, 6.07) is 0. The number of aromatic nitrogens is 1. The van der Waals surface area contributed by atoms with Crippen molar-refractivity contribution in [1.29, 1.82) is 0 Å². The number of aliphatic hydroxyl groups excluding tert-OH is 2. The Balaban J connectivity index is 3.08. The molecule has 0 amide bonds. The first-order chi connectivity index (χ1) is 9.84. The summed E-state index contributed by atoms with van der Waals surface area (Å²) in [6.45, 7) is 6.84. The Bertz CT molecular complexity index is 522. The molecule has 0 saturated carbocycles. The van der Waals surface area contributed by atoms with Gasteiger partial charge in [-0.25, -0.2) is 9.59 Å². The molecular weight excluding hydrogens is 278 g/mol. The molecule has 21 heavy (non-hydrogen) atoms. The van der Waals surface area contributed by atoms with Gasteiger partial charge in [0.1, 0.15) is 11.8 Å². The highest BCUT2D eigenvalue weighted by Gasteiger charge is 2.32. The number of rotatable bonds is 6. The topological polar surface area (TPSA) is 109 Å². The lowest BCUT2D eigenvalue weighted by Crippen LogP contribution is -2.30. The minimum atomic E-state index is -1.71. The van der Waals surface area contributed by atoms with E-state index >= 15 is 0 Å². The van der Waals surface area contributed by atoms with E-state index in [1.165, 1.54) is 0 Å². The third-order valence-corrected chi connectivity index (χ3v) is 3.10. The van der Waals surface area contributed by atoms with Gasteiger partial charge in [0.2, 0.25) is 0 Å². The van der Waals surface area contributed by atoms with E-state index in [0.29, 0.717) is 16.8 Å². The number of hydrogen-bond donors (Lipinski definition) is 3. The second-order valence-electron chi connectivity index (χ2n) is 4.53. The van der Waals surface area contributed by atoms with Gasteiger partial charge in [-0.3, -0.25) is 0 Å². The van der Waals surface area contributed by atoms with Gasteiger partial charge in [-0.1, -0.05) is 0 Å². The zero-order valence-electron chi connectivity index (χ0n) is 12.6. The Hall–Kier alpha value is -1.86. The fourth-order valence-electron chi connectivity index (χ4n) is 2.13. The fourth-order valence-corrected chi connectivity index (χ4v) is 2.13. The van der Waals surface area contributed by atoms with Crippen molar-refractivity contribution in [2.75, 3.05) is 13.2 Å². The van der Waals surface area contributed by atoms with Gasteiger partial charge in [0.15, 0.2) is 6.10 Å². The second kappa shape index (κ2) is 7.24. The third-order valence-electron chi connectivity index (χ3n) is 3.10. The van der Waals surface area contributed by atoms with Crippen LogP contribution in [0, 0.1) is 13.8 Å². The van der Waals surface area contributed by atoms with E-state index in [0.717, 1.165) is 0 Å². The molecule has 1 rings (SSSR count). The average molecular weight is 299 g/mol. The van der Waals surface area contributed by atoms with Gasteiger partial charge in [-0.15, -0.1) is 0 Å². The lowest BCUT2D eigenvalue weighted by atomic mass is 10.00. The van der Waals surface area contributed by atoms with Crippen molar-refractivity contribution in [3.8, 4) is 0 Å². The number of aromatic amines is 1. The summed E-state index contributed by atoms with van der Waals surface area (Å²) in [5.41, 5.74) is 1.39. The van der Waals surface area contributed by atoms with Crippen molar-refractivity contribution in [3.63, 3.8) is 0 Å². The van der Waals surface area contributed by atoms with Crippen LogP contribution in [0.3, 0.4) is 0 Å². The minimum absolute atomic E-state index is 0.0990. The van der Waals surface area contributed by atoms with Crippen LogP contribution in [-0.2, 0) is 14.3 Å². The molecule has 2 unspecified atom stereocenters. The summed E-state index contributed by atoms with van der Waals surface area (Å²) in [5, 5.41) is 20.0. The molecule has 7 heteroatoms. The molecule has 1 aromatic rings. The average Bonchev–Trinajstić information content (AvgIpc) is 2.73. The number of aliphatic hydroxyl groups is 2. The molecule has 0 aliphatic rings. The zero-order chi connectivity index (χ0) is 16.2. The van der Waals surface area contributed by atoms with Crippen molar-refractivity contribution >= 4 is 11.9 Å². The van der Waals surface area contributed by atoms with E-state index in [9.17, 15) is 19.8 Å². The molecule has 0 aromatic carbocycles. The van der Waals surface area contributed by atoms with Gasteiger partial charge in [-0.2, -0.15) is 0 Å². The summed E-state index contributed by atoms with van der Waals surface area (Å²) < 4.78 is 9.57. The Morgan fingerprint density at radius 1 is 1.14 bits per heavy atom. The molecule has 118 valence electrons. The maximum absolute atomic E-state index is 11.8. The summed E-state index contributed by atoms with van der Waals surface area (Å²) in [5.74, 6) is -1.47. The number of hydrogen-bond acceptors (Lipinski definition) is 6. The highest BCUT2D eigenvalue weighted by molar-refractivity contribution is 5.90. The number of carbonyl (C=O) groups is 2. The molecule has 1 aromatic heterocycles. The Kier molecular flexibility index (Phi) is 5.92. The molecular formula is C14H21NO6. The Morgan fingerprint density at radius 2 is 1.71 bits per heavy atom. The highest BCUT2D eigenvalue weighted by Crippen LogP contribution is 2.28. The van der Waals surface area contributed by atoms with Gasteiger partial charge in [-0.05, 0) is 33.3 Å². The predicted molar refractivity (Wildman–Crippen MR) is 73.8 cm³/mol. The van der Waals surface area contributed by atoms with Crippen LogP contribution in [0.25, 0.3) is 0 Å². The SMILES string of the molecule is CCOC(=O)c1[nH]c(C)c(C(O)C(O)C(=O)OCC)c1C. The smallest absolute Gasteiger partial charge is 0.355 e. The molecule has 2 atom stereocenters. The van der Waals surface area contributed by atoms with Crippen LogP contribution in [0.4, 0.5) is 0 Å². The molecule has 0 aliphatic heterocycles.